The van der Waals surface area contributed by atoms with Gasteiger partial charge in [-0.2, -0.15) is 0 Å². The fourth-order valence-electron chi connectivity index (χ4n) is 3.96. The molecule has 1 aliphatic heterocycles. The van der Waals surface area contributed by atoms with Crippen LogP contribution in [0.2, 0.25) is 0 Å². The Hall–Kier alpha value is -1.10. The van der Waals surface area contributed by atoms with E-state index in [9.17, 15) is 14.7 Å². The fraction of sp³-hybridized carbons (Fsp3) is 0.867. The summed E-state index contributed by atoms with van der Waals surface area (Å²) in [6, 6.07) is 0.247. The van der Waals surface area contributed by atoms with Crippen molar-refractivity contribution in [3.63, 3.8) is 0 Å². The van der Waals surface area contributed by atoms with Crippen LogP contribution >= 0.6 is 0 Å². The summed E-state index contributed by atoms with van der Waals surface area (Å²) < 4.78 is 0. The monoisotopic (exact) mass is 280 g/mol. The Morgan fingerprint density at radius 2 is 1.90 bits per heavy atom. The number of nitrogens with zero attached hydrogens (tertiary/aromatic N) is 2. The molecule has 1 saturated heterocycles. The molecule has 112 valence electrons. The van der Waals surface area contributed by atoms with Gasteiger partial charge in [-0.1, -0.05) is 12.8 Å². The smallest absolute Gasteiger partial charge is 0.320 e. The number of likely N-dealkylation sites (N-methyl/N-ethyl adjacent to an activating group) is 1. The molecule has 3 rings (SSSR count). The molecule has 5 heteroatoms. The molecule has 3 atom stereocenters. The maximum atomic E-state index is 12.3. The van der Waals surface area contributed by atoms with Crippen molar-refractivity contribution >= 4 is 11.9 Å². The molecule has 1 heterocycles. The maximum absolute atomic E-state index is 12.3. The Morgan fingerprint density at radius 3 is 2.55 bits per heavy atom. The second-order valence-corrected chi connectivity index (χ2v) is 6.61. The van der Waals surface area contributed by atoms with E-state index in [0.29, 0.717) is 18.0 Å². The minimum absolute atomic E-state index is 0.0879. The summed E-state index contributed by atoms with van der Waals surface area (Å²) in [7, 11) is 1.85. The second-order valence-electron chi connectivity index (χ2n) is 6.61. The Morgan fingerprint density at radius 1 is 1.20 bits per heavy atom. The number of carbonyl (C=O) groups is 2. The first-order valence-corrected chi connectivity index (χ1v) is 7.82. The first kappa shape index (κ1) is 13.9. The van der Waals surface area contributed by atoms with Gasteiger partial charge in [0.25, 0.3) is 0 Å². The van der Waals surface area contributed by atoms with Gasteiger partial charge in [0.05, 0.1) is 6.54 Å². The number of carboxylic acids is 1. The van der Waals surface area contributed by atoms with Crippen molar-refractivity contribution in [3.05, 3.63) is 0 Å². The van der Waals surface area contributed by atoms with Gasteiger partial charge >= 0.3 is 5.97 Å². The molecule has 3 fully saturated rings. The normalized spacial score (nSPS) is 33.8. The number of likely N-dealkylation sites (tertiary alicyclic amines) is 1. The van der Waals surface area contributed by atoms with Crippen LogP contribution in [0.3, 0.4) is 0 Å². The number of hydrogen-bond acceptors (Lipinski definition) is 3. The summed E-state index contributed by atoms with van der Waals surface area (Å²) in [6.07, 6.45) is 7.45. The third kappa shape index (κ3) is 2.55. The van der Waals surface area contributed by atoms with Gasteiger partial charge in [0.2, 0.25) is 5.91 Å². The van der Waals surface area contributed by atoms with E-state index in [-0.39, 0.29) is 12.5 Å². The Balaban J connectivity index is 1.70. The number of rotatable bonds is 4. The topological polar surface area (TPSA) is 60.9 Å². The van der Waals surface area contributed by atoms with E-state index in [1.165, 1.54) is 6.42 Å². The summed E-state index contributed by atoms with van der Waals surface area (Å²) in [4.78, 5) is 27.6. The SMILES string of the molecule is CN(C(=O)CN1[C@H](C(=O)O)C[C@H]2CCCC[C@@H]21)C1CC1. The predicted octanol–water partition coefficient (Wildman–Crippen LogP) is 1.32. The van der Waals surface area contributed by atoms with Gasteiger partial charge in [0.15, 0.2) is 0 Å². The molecule has 0 aromatic heterocycles. The van der Waals surface area contributed by atoms with Gasteiger partial charge in [0.1, 0.15) is 6.04 Å². The first-order valence-electron chi connectivity index (χ1n) is 7.82. The van der Waals surface area contributed by atoms with E-state index in [0.717, 1.165) is 38.5 Å². The highest BCUT2D eigenvalue weighted by molar-refractivity contribution is 5.80. The third-order valence-electron chi connectivity index (χ3n) is 5.31. The van der Waals surface area contributed by atoms with E-state index in [1.807, 2.05) is 16.8 Å². The zero-order valence-electron chi connectivity index (χ0n) is 12.1. The zero-order valence-corrected chi connectivity index (χ0v) is 12.1. The van der Waals surface area contributed by atoms with Crippen LogP contribution in [0.1, 0.15) is 44.9 Å². The van der Waals surface area contributed by atoms with Gasteiger partial charge in [-0.3, -0.25) is 14.5 Å². The lowest BCUT2D eigenvalue weighted by molar-refractivity contribution is -0.144. The summed E-state index contributed by atoms with van der Waals surface area (Å²) >= 11 is 0. The second kappa shape index (κ2) is 5.35. The number of aliphatic carboxylic acids is 1. The molecule has 2 aliphatic carbocycles. The van der Waals surface area contributed by atoms with Crippen LogP contribution in [0.5, 0.6) is 0 Å². The molecule has 0 bridgehead atoms. The molecule has 5 nitrogen and oxygen atoms in total. The molecule has 3 aliphatic rings. The van der Waals surface area contributed by atoms with Crippen molar-refractivity contribution in [1.82, 2.24) is 9.80 Å². The standard InChI is InChI=1S/C15H24N2O3/c1-16(11-6-7-11)14(18)9-17-12-5-3-2-4-10(12)8-13(17)15(19)20/h10-13H,2-9H2,1H3,(H,19,20)/t10-,12+,13+/m1/s1. The van der Waals surface area contributed by atoms with Crippen molar-refractivity contribution in [2.24, 2.45) is 5.92 Å². The quantitative estimate of drug-likeness (QED) is 0.844. The van der Waals surface area contributed by atoms with Gasteiger partial charge in [-0.25, -0.2) is 0 Å². The lowest BCUT2D eigenvalue weighted by atomic mass is 9.85. The van der Waals surface area contributed by atoms with Crippen LogP contribution < -0.4 is 0 Å². The van der Waals surface area contributed by atoms with Crippen LogP contribution in [0.15, 0.2) is 0 Å². The van der Waals surface area contributed by atoms with Crippen LogP contribution in [-0.2, 0) is 9.59 Å². The average molecular weight is 280 g/mol. The fourth-order valence-corrected chi connectivity index (χ4v) is 3.96. The van der Waals surface area contributed by atoms with Crippen molar-refractivity contribution < 1.29 is 14.7 Å². The highest BCUT2D eigenvalue weighted by atomic mass is 16.4. The predicted molar refractivity (Wildman–Crippen MR) is 74.3 cm³/mol. The zero-order chi connectivity index (χ0) is 14.3. The Bertz CT molecular complexity index is 408. The lowest BCUT2D eigenvalue weighted by Crippen LogP contribution is -2.48. The third-order valence-corrected chi connectivity index (χ3v) is 5.31. The molecule has 20 heavy (non-hydrogen) atoms. The number of carboxylic acid groups (broad SMARTS) is 1. The highest BCUT2D eigenvalue weighted by Gasteiger charge is 2.46. The molecular formula is C15H24N2O3. The average Bonchev–Trinajstić information content (AvgIpc) is 3.21. The number of fused-ring (bicyclic) bond motifs is 1. The van der Waals surface area contributed by atoms with Gasteiger partial charge in [0, 0.05) is 19.1 Å². The van der Waals surface area contributed by atoms with E-state index in [1.54, 1.807) is 0 Å². The highest BCUT2D eigenvalue weighted by Crippen LogP contribution is 2.39. The van der Waals surface area contributed by atoms with Crippen LogP contribution in [-0.4, -0.2) is 58.5 Å². The van der Waals surface area contributed by atoms with Gasteiger partial charge in [-0.15, -0.1) is 0 Å². The molecule has 1 N–H and O–H groups in total. The van der Waals surface area contributed by atoms with Crippen molar-refractivity contribution in [2.45, 2.75) is 63.1 Å². The maximum Gasteiger partial charge on any atom is 0.320 e. The largest absolute Gasteiger partial charge is 0.480 e. The lowest BCUT2D eigenvalue weighted by Gasteiger charge is -2.33. The molecule has 1 amide bonds. The molecule has 2 saturated carbocycles. The van der Waals surface area contributed by atoms with Crippen molar-refractivity contribution in [2.75, 3.05) is 13.6 Å². The summed E-state index contributed by atoms with van der Waals surface area (Å²) in [6.45, 7) is 0.283. The summed E-state index contributed by atoms with van der Waals surface area (Å²) in [5.74, 6) is -0.199. The van der Waals surface area contributed by atoms with Crippen molar-refractivity contribution in [1.29, 1.82) is 0 Å². The van der Waals surface area contributed by atoms with E-state index >= 15 is 0 Å². The molecular weight excluding hydrogens is 256 g/mol. The summed E-state index contributed by atoms with van der Waals surface area (Å²) in [5, 5.41) is 9.44. The molecule has 0 aromatic carbocycles. The first-order chi connectivity index (χ1) is 9.58. The van der Waals surface area contributed by atoms with E-state index < -0.39 is 12.0 Å². The Kier molecular flexibility index (Phi) is 3.71. The summed E-state index contributed by atoms with van der Waals surface area (Å²) in [5.41, 5.74) is 0. The number of amides is 1. The minimum Gasteiger partial charge on any atom is -0.480 e. The van der Waals surface area contributed by atoms with Crippen LogP contribution in [0, 0.1) is 5.92 Å². The van der Waals surface area contributed by atoms with Crippen LogP contribution in [0.25, 0.3) is 0 Å². The molecule has 0 aromatic rings. The van der Waals surface area contributed by atoms with E-state index in [4.69, 9.17) is 0 Å². The molecule has 0 spiro atoms. The van der Waals surface area contributed by atoms with Gasteiger partial charge in [-0.05, 0) is 38.0 Å². The van der Waals surface area contributed by atoms with Gasteiger partial charge < -0.3 is 10.0 Å². The minimum atomic E-state index is -0.763. The number of hydrogen-bond donors (Lipinski definition) is 1. The number of carbonyl (C=O) groups excluding carboxylic acids is 1. The van der Waals surface area contributed by atoms with E-state index in [2.05, 4.69) is 0 Å². The molecule has 0 radical (unpaired) electrons. The van der Waals surface area contributed by atoms with Crippen LogP contribution in [0.4, 0.5) is 0 Å². The Labute approximate surface area is 119 Å². The molecule has 0 unspecified atom stereocenters. The van der Waals surface area contributed by atoms with Crippen molar-refractivity contribution in [3.8, 4) is 0 Å².